The Labute approximate surface area is 112 Å². The average Bonchev–Trinajstić information content (AvgIpc) is 2.33. The van der Waals surface area contributed by atoms with Crippen molar-refractivity contribution in [1.29, 1.82) is 0 Å². The molecule has 18 heavy (non-hydrogen) atoms. The van der Waals surface area contributed by atoms with E-state index >= 15 is 0 Å². The fourth-order valence-corrected chi connectivity index (χ4v) is 1.86. The molecule has 0 aliphatic heterocycles. The first-order chi connectivity index (χ1) is 8.56. The highest BCUT2D eigenvalue weighted by Gasteiger charge is 2.07. The van der Waals surface area contributed by atoms with E-state index in [4.69, 9.17) is 4.74 Å². The van der Waals surface area contributed by atoms with Crippen molar-refractivity contribution in [3.05, 3.63) is 56.7 Å². The number of ether oxygens (including phenoxy) is 1. The lowest BCUT2D eigenvalue weighted by Crippen LogP contribution is -1.92. The maximum Gasteiger partial charge on any atom is 0.287 e. The number of nitro groups is 1. The summed E-state index contributed by atoms with van der Waals surface area (Å²) in [6.45, 7) is 1.91. The maximum absolute atomic E-state index is 10.5. The van der Waals surface area contributed by atoms with Crippen molar-refractivity contribution in [3.63, 3.8) is 0 Å². The van der Waals surface area contributed by atoms with E-state index in [9.17, 15) is 10.1 Å². The second-order valence-electron chi connectivity index (χ2n) is 3.62. The molecule has 1 aromatic heterocycles. The molecule has 5 nitrogen and oxygen atoms in total. The smallest absolute Gasteiger partial charge is 0.287 e. The Bertz CT molecular complexity index is 584. The highest BCUT2D eigenvalue weighted by atomic mass is 79.9. The Morgan fingerprint density at radius 2 is 2.11 bits per heavy atom. The first-order valence-corrected chi connectivity index (χ1v) is 5.90. The molecule has 1 heterocycles. The third kappa shape index (κ3) is 2.84. The standard InChI is InChI=1S/C12H9BrN2O3/c1-8-6-9(13)2-4-11(8)18-12-5-3-10(7-14-12)15(16)17/h2-7H,1H3. The van der Waals surface area contributed by atoms with Gasteiger partial charge in [0.15, 0.2) is 0 Å². The van der Waals surface area contributed by atoms with Gasteiger partial charge in [-0.1, -0.05) is 15.9 Å². The lowest BCUT2D eigenvalue weighted by atomic mass is 10.2. The maximum atomic E-state index is 10.5. The van der Waals surface area contributed by atoms with E-state index in [1.54, 1.807) is 0 Å². The van der Waals surface area contributed by atoms with Crippen molar-refractivity contribution in [2.45, 2.75) is 6.92 Å². The van der Waals surface area contributed by atoms with Crippen LogP contribution in [-0.4, -0.2) is 9.91 Å². The molecule has 0 bridgehead atoms. The Kier molecular flexibility index (Phi) is 3.57. The summed E-state index contributed by atoms with van der Waals surface area (Å²) < 4.78 is 6.51. The van der Waals surface area contributed by atoms with E-state index in [1.807, 2.05) is 25.1 Å². The molecule has 0 fully saturated rings. The molecule has 0 saturated heterocycles. The van der Waals surface area contributed by atoms with Crippen molar-refractivity contribution in [1.82, 2.24) is 4.98 Å². The molecule has 0 aliphatic rings. The molecule has 92 valence electrons. The van der Waals surface area contributed by atoms with Crippen molar-refractivity contribution in [2.24, 2.45) is 0 Å². The Hall–Kier alpha value is -1.95. The van der Waals surface area contributed by atoms with Crippen molar-refractivity contribution in [3.8, 4) is 11.6 Å². The predicted octanol–water partition coefficient (Wildman–Crippen LogP) is 3.85. The van der Waals surface area contributed by atoms with E-state index in [-0.39, 0.29) is 5.69 Å². The van der Waals surface area contributed by atoms with Crippen LogP contribution in [0.2, 0.25) is 0 Å². The molecule has 2 rings (SSSR count). The van der Waals surface area contributed by atoms with Gasteiger partial charge >= 0.3 is 0 Å². The van der Waals surface area contributed by atoms with E-state index in [0.717, 1.165) is 10.0 Å². The minimum absolute atomic E-state index is 0.0603. The Morgan fingerprint density at radius 1 is 1.33 bits per heavy atom. The topological polar surface area (TPSA) is 65.3 Å². The van der Waals surface area contributed by atoms with Gasteiger partial charge in [-0.05, 0) is 30.7 Å². The van der Waals surface area contributed by atoms with Crippen LogP contribution in [-0.2, 0) is 0 Å². The second-order valence-corrected chi connectivity index (χ2v) is 4.54. The molecule has 0 saturated carbocycles. The number of nitrogens with zero attached hydrogens (tertiary/aromatic N) is 2. The van der Waals surface area contributed by atoms with Crippen molar-refractivity contribution in [2.75, 3.05) is 0 Å². The van der Waals surface area contributed by atoms with E-state index in [0.29, 0.717) is 11.6 Å². The summed E-state index contributed by atoms with van der Waals surface area (Å²) >= 11 is 3.36. The highest BCUT2D eigenvalue weighted by molar-refractivity contribution is 9.10. The molecular formula is C12H9BrN2O3. The minimum atomic E-state index is -0.498. The van der Waals surface area contributed by atoms with Gasteiger partial charge in [-0.2, -0.15) is 0 Å². The lowest BCUT2D eigenvalue weighted by Gasteiger charge is -2.07. The van der Waals surface area contributed by atoms with Gasteiger partial charge in [0, 0.05) is 16.6 Å². The molecule has 6 heteroatoms. The number of halogens is 1. The number of aryl methyl sites for hydroxylation is 1. The summed E-state index contributed by atoms with van der Waals surface area (Å²) in [6.07, 6.45) is 1.17. The minimum Gasteiger partial charge on any atom is -0.439 e. The SMILES string of the molecule is Cc1cc(Br)ccc1Oc1ccc([N+](=O)[O-])cn1. The van der Waals surface area contributed by atoms with Crippen LogP contribution in [0.15, 0.2) is 41.0 Å². The third-order valence-corrected chi connectivity index (χ3v) is 2.78. The van der Waals surface area contributed by atoms with Gasteiger partial charge in [-0.3, -0.25) is 10.1 Å². The Morgan fingerprint density at radius 3 is 2.67 bits per heavy atom. The van der Waals surface area contributed by atoms with Gasteiger partial charge in [0.05, 0.1) is 4.92 Å². The molecule has 0 aliphatic carbocycles. The predicted molar refractivity (Wildman–Crippen MR) is 69.8 cm³/mol. The fourth-order valence-electron chi connectivity index (χ4n) is 1.38. The van der Waals surface area contributed by atoms with E-state index in [2.05, 4.69) is 20.9 Å². The molecule has 0 unspecified atom stereocenters. The summed E-state index contributed by atoms with van der Waals surface area (Å²) in [5, 5.41) is 10.5. The monoisotopic (exact) mass is 308 g/mol. The zero-order valence-electron chi connectivity index (χ0n) is 9.46. The summed E-state index contributed by atoms with van der Waals surface area (Å²) in [5.41, 5.74) is 0.888. The van der Waals surface area contributed by atoms with E-state index < -0.39 is 4.92 Å². The van der Waals surface area contributed by atoms with Crippen LogP contribution < -0.4 is 4.74 Å². The average molecular weight is 309 g/mol. The van der Waals surface area contributed by atoms with Gasteiger partial charge in [0.2, 0.25) is 5.88 Å². The first-order valence-electron chi connectivity index (χ1n) is 5.11. The van der Waals surface area contributed by atoms with Crippen molar-refractivity contribution >= 4 is 21.6 Å². The number of rotatable bonds is 3. The second kappa shape index (κ2) is 5.14. The molecule has 0 radical (unpaired) electrons. The van der Waals surface area contributed by atoms with Crippen LogP contribution in [0.5, 0.6) is 11.6 Å². The molecule has 0 N–H and O–H groups in total. The molecule has 2 aromatic rings. The summed E-state index contributed by atoms with van der Waals surface area (Å²) in [6, 6.07) is 8.41. The van der Waals surface area contributed by atoms with Crippen LogP contribution in [0.1, 0.15) is 5.56 Å². The number of hydrogen-bond acceptors (Lipinski definition) is 4. The van der Waals surface area contributed by atoms with Crippen LogP contribution in [0, 0.1) is 17.0 Å². The highest BCUT2D eigenvalue weighted by Crippen LogP contribution is 2.26. The summed E-state index contributed by atoms with van der Waals surface area (Å²) in [7, 11) is 0. The molecule has 0 atom stereocenters. The summed E-state index contributed by atoms with van der Waals surface area (Å²) in [4.78, 5) is 13.9. The van der Waals surface area contributed by atoms with Crippen LogP contribution >= 0.6 is 15.9 Å². The molecular weight excluding hydrogens is 300 g/mol. The Balaban J connectivity index is 2.21. The number of hydrogen-bond donors (Lipinski definition) is 0. The molecule has 0 amide bonds. The number of pyridine rings is 1. The van der Waals surface area contributed by atoms with Gasteiger partial charge in [0.25, 0.3) is 5.69 Å². The normalized spacial score (nSPS) is 10.1. The van der Waals surface area contributed by atoms with Gasteiger partial charge < -0.3 is 4.74 Å². The number of benzene rings is 1. The van der Waals surface area contributed by atoms with Gasteiger partial charge in [0.1, 0.15) is 11.9 Å². The van der Waals surface area contributed by atoms with Crippen molar-refractivity contribution < 1.29 is 9.66 Å². The van der Waals surface area contributed by atoms with Crippen LogP contribution in [0.4, 0.5) is 5.69 Å². The summed E-state index contributed by atoms with van der Waals surface area (Å²) in [5.74, 6) is 0.991. The molecule has 0 spiro atoms. The number of aromatic nitrogens is 1. The third-order valence-electron chi connectivity index (χ3n) is 2.28. The largest absolute Gasteiger partial charge is 0.439 e. The fraction of sp³-hybridized carbons (Fsp3) is 0.0833. The van der Waals surface area contributed by atoms with E-state index in [1.165, 1.54) is 18.3 Å². The first kappa shape index (κ1) is 12.5. The zero-order valence-corrected chi connectivity index (χ0v) is 11.0. The molecule has 1 aromatic carbocycles. The zero-order chi connectivity index (χ0) is 13.1. The van der Waals surface area contributed by atoms with Gasteiger partial charge in [-0.25, -0.2) is 4.98 Å². The van der Waals surface area contributed by atoms with Crippen LogP contribution in [0.3, 0.4) is 0 Å². The van der Waals surface area contributed by atoms with Gasteiger partial charge in [-0.15, -0.1) is 0 Å². The van der Waals surface area contributed by atoms with Crippen LogP contribution in [0.25, 0.3) is 0 Å². The lowest BCUT2D eigenvalue weighted by molar-refractivity contribution is -0.385. The quantitative estimate of drug-likeness (QED) is 0.638.